The van der Waals surface area contributed by atoms with Crippen LogP contribution in [0.15, 0.2) is 24.3 Å². The summed E-state index contributed by atoms with van der Waals surface area (Å²) in [6.07, 6.45) is 34.4. The third kappa shape index (κ3) is 33.7. The predicted molar refractivity (Wildman–Crippen MR) is 195 cm³/mol. The van der Waals surface area contributed by atoms with Crippen molar-refractivity contribution in [3.63, 3.8) is 0 Å². The molecule has 0 unspecified atom stereocenters. The zero-order valence-electron chi connectivity index (χ0n) is 29.7. The molecule has 46 heavy (non-hydrogen) atoms. The first-order chi connectivity index (χ1) is 22.5. The van der Waals surface area contributed by atoms with Crippen molar-refractivity contribution in [2.24, 2.45) is 0 Å². The van der Waals surface area contributed by atoms with Crippen LogP contribution in [0.1, 0.15) is 181 Å². The second-order valence-electron chi connectivity index (χ2n) is 12.5. The minimum absolute atomic E-state index is 0.0211. The molecule has 0 saturated carbocycles. The molecule has 268 valence electrons. The van der Waals surface area contributed by atoms with E-state index in [1.54, 1.807) is 0 Å². The van der Waals surface area contributed by atoms with Crippen LogP contribution in [0.25, 0.3) is 0 Å². The summed E-state index contributed by atoms with van der Waals surface area (Å²) in [5.41, 5.74) is 0. The largest absolute Gasteiger partial charge is 0.462 e. The molecular weight excluding hydrogens is 644 g/mol. The van der Waals surface area contributed by atoms with Crippen LogP contribution in [-0.4, -0.2) is 42.6 Å². The third-order valence-electron chi connectivity index (χ3n) is 8.09. The van der Waals surface area contributed by atoms with Gasteiger partial charge >= 0.3 is 17.9 Å². The maximum atomic E-state index is 12.3. The molecule has 0 aliphatic heterocycles. The highest BCUT2D eigenvalue weighted by Gasteiger charge is 2.14. The Bertz CT molecular complexity index is 714. The molecule has 7 heteroatoms. The second kappa shape index (κ2) is 36.2. The van der Waals surface area contributed by atoms with Crippen LogP contribution in [0.4, 0.5) is 0 Å². The van der Waals surface area contributed by atoms with Gasteiger partial charge in [-0.15, -0.1) is 0 Å². The van der Waals surface area contributed by atoms with Gasteiger partial charge in [0.1, 0.15) is 19.3 Å². The molecule has 0 radical (unpaired) electrons. The lowest BCUT2D eigenvalue weighted by molar-refractivity contribution is -0.150. The van der Waals surface area contributed by atoms with E-state index >= 15 is 0 Å². The van der Waals surface area contributed by atoms with Gasteiger partial charge in [-0.05, 0) is 70.6 Å². The first kappa shape index (κ1) is 44.4. The average molecular weight is 714 g/mol. The van der Waals surface area contributed by atoms with Crippen LogP contribution < -0.4 is 0 Å². The van der Waals surface area contributed by atoms with Gasteiger partial charge in [0.25, 0.3) is 0 Å². The van der Waals surface area contributed by atoms with E-state index in [0.717, 1.165) is 102 Å². The number of halogens is 1. The first-order valence-electron chi connectivity index (χ1n) is 18.9. The summed E-state index contributed by atoms with van der Waals surface area (Å²) < 4.78 is 16.4. The van der Waals surface area contributed by atoms with E-state index in [1.165, 1.54) is 51.4 Å². The summed E-state index contributed by atoms with van der Waals surface area (Å²) in [7, 11) is 0. The van der Waals surface area contributed by atoms with E-state index in [1.807, 2.05) is 12.2 Å². The summed E-state index contributed by atoms with van der Waals surface area (Å²) in [6, 6.07) is 0. The van der Waals surface area contributed by atoms with Crippen LogP contribution in [0.2, 0.25) is 0 Å². The van der Waals surface area contributed by atoms with Crippen LogP contribution in [0.5, 0.6) is 0 Å². The quantitative estimate of drug-likeness (QED) is 0.0217. The first-order valence-corrected chi connectivity index (χ1v) is 20.0. The number of carbonyl (C=O) groups excluding carboxylic acids is 3. The lowest BCUT2D eigenvalue weighted by Gasteiger charge is -2.18. The summed E-state index contributed by atoms with van der Waals surface area (Å²) in [6.45, 7) is 5.19. The monoisotopic (exact) mass is 712 g/mol. The van der Waals surface area contributed by atoms with Crippen molar-refractivity contribution in [3.05, 3.63) is 24.3 Å². The van der Waals surface area contributed by atoms with Crippen LogP contribution >= 0.6 is 15.9 Å². The molecule has 0 heterocycles. The summed E-state index contributed by atoms with van der Waals surface area (Å²) in [5, 5.41) is 0.805. The molecule has 0 N–H and O–H groups in total. The molecule has 0 aliphatic carbocycles. The highest BCUT2D eigenvalue weighted by molar-refractivity contribution is 9.09. The Morgan fingerprint density at radius 2 is 0.913 bits per heavy atom. The fourth-order valence-electron chi connectivity index (χ4n) is 5.24. The lowest BCUT2D eigenvalue weighted by Crippen LogP contribution is -2.18. The fraction of sp³-hybridized carbons (Fsp3) is 0.821. The van der Waals surface area contributed by atoms with Gasteiger partial charge in [0.05, 0.1) is 0 Å². The van der Waals surface area contributed by atoms with Crippen molar-refractivity contribution < 1.29 is 28.6 Å². The Morgan fingerprint density at radius 1 is 0.500 bits per heavy atom. The number of rotatable bonds is 34. The molecule has 0 amide bonds. The number of unbranched alkanes of at least 4 members (excludes halogenated alkanes) is 16. The second-order valence-corrected chi connectivity index (χ2v) is 13.3. The highest BCUT2D eigenvalue weighted by atomic mass is 79.9. The van der Waals surface area contributed by atoms with E-state index in [-0.39, 0.29) is 24.0 Å². The normalized spacial score (nSPS) is 12.2. The molecule has 0 fully saturated rings. The zero-order valence-corrected chi connectivity index (χ0v) is 31.3. The average Bonchev–Trinajstić information content (AvgIpc) is 3.05. The Morgan fingerprint density at radius 3 is 1.37 bits per heavy atom. The van der Waals surface area contributed by atoms with Crippen molar-refractivity contribution in [3.8, 4) is 0 Å². The predicted octanol–water partition coefficient (Wildman–Crippen LogP) is 11.7. The number of alkyl halides is 1. The van der Waals surface area contributed by atoms with Crippen molar-refractivity contribution in [1.29, 1.82) is 0 Å². The number of hydrogen-bond donors (Lipinski definition) is 0. The molecule has 0 atom stereocenters. The fourth-order valence-corrected chi connectivity index (χ4v) is 5.52. The van der Waals surface area contributed by atoms with Gasteiger partial charge in [-0.25, -0.2) is 0 Å². The van der Waals surface area contributed by atoms with Crippen LogP contribution in [-0.2, 0) is 28.6 Å². The molecule has 0 saturated heterocycles. The molecular formula is C39H69BrO6. The summed E-state index contributed by atoms with van der Waals surface area (Å²) in [5.74, 6) is -0.316. The SMILES string of the molecule is CCCCCCC=CCOC(=O)CCCCCCCC(CCCCCCCC(=O)OCC=CCCCCCC)OC(=O)CCCBr. The smallest absolute Gasteiger partial charge is 0.306 e. The van der Waals surface area contributed by atoms with Crippen molar-refractivity contribution in [2.45, 2.75) is 187 Å². The molecule has 0 aliphatic rings. The molecule has 0 spiro atoms. The minimum atomic E-state index is -0.109. The van der Waals surface area contributed by atoms with E-state index in [2.05, 4.69) is 41.9 Å². The topological polar surface area (TPSA) is 78.9 Å². The van der Waals surface area contributed by atoms with Crippen molar-refractivity contribution in [1.82, 2.24) is 0 Å². The van der Waals surface area contributed by atoms with Gasteiger partial charge < -0.3 is 14.2 Å². The van der Waals surface area contributed by atoms with E-state index < -0.39 is 0 Å². The lowest BCUT2D eigenvalue weighted by atomic mass is 10.0. The maximum Gasteiger partial charge on any atom is 0.306 e. The maximum absolute atomic E-state index is 12.3. The van der Waals surface area contributed by atoms with E-state index in [0.29, 0.717) is 32.5 Å². The summed E-state index contributed by atoms with van der Waals surface area (Å²) >= 11 is 3.39. The van der Waals surface area contributed by atoms with Gasteiger partial charge in [0.15, 0.2) is 0 Å². The molecule has 0 aromatic heterocycles. The molecule has 0 aromatic rings. The molecule has 0 rings (SSSR count). The zero-order chi connectivity index (χ0) is 33.8. The van der Waals surface area contributed by atoms with E-state index in [4.69, 9.17) is 14.2 Å². The molecule has 0 aromatic carbocycles. The Labute approximate surface area is 291 Å². The van der Waals surface area contributed by atoms with Gasteiger partial charge in [-0.2, -0.15) is 0 Å². The summed E-state index contributed by atoms with van der Waals surface area (Å²) in [4.78, 5) is 36.2. The number of carbonyl (C=O) groups is 3. The van der Waals surface area contributed by atoms with Crippen LogP contribution in [0, 0.1) is 0 Å². The van der Waals surface area contributed by atoms with Gasteiger partial charge in [0, 0.05) is 24.6 Å². The van der Waals surface area contributed by atoms with Gasteiger partial charge in [-0.1, -0.05) is 131 Å². The number of ether oxygens (including phenoxy) is 3. The Hall–Kier alpha value is -1.63. The van der Waals surface area contributed by atoms with Gasteiger partial charge in [-0.3, -0.25) is 14.4 Å². The van der Waals surface area contributed by atoms with Crippen LogP contribution in [0.3, 0.4) is 0 Å². The van der Waals surface area contributed by atoms with Gasteiger partial charge in [0.2, 0.25) is 0 Å². The van der Waals surface area contributed by atoms with Crippen molar-refractivity contribution in [2.75, 3.05) is 18.5 Å². The standard InChI is InChI=1S/C39H69BrO6/c1-3-5-7-9-11-19-25-34-44-37(41)30-23-17-13-15-21-28-36(46-39(43)32-27-33-40)29-22-16-14-18-24-31-38(42)45-35-26-20-12-10-8-6-4-2/h19-20,25-26,36H,3-18,21-24,27-35H2,1-2H3. The minimum Gasteiger partial charge on any atom is -0.462 e. The van der Waals surface area contributed by atoms with Crippen molar-refractivity contribution >= 4 is 33.8 Å². The van der Waals surface area contributed by atoms with E-state index in [9.17, 15) is 14.4 Å². The molecule has 6 nitrogen and oxygen atoms in total. The third-order valence-corrected chi connectivity index (χ3v) is 8.65. The number of allylic oxidation sites excluding steroid dienone is 2. The number of hydrogen-bond acceptors (Lipinski definition) is 6. The Balaban J connectivity index is 3.98. The molecule has 0 bridgehead atoms. The number of esters is 3. The highest BCUT2D eigenvalue weighted by Crippen LogP contribution is 2.18. The Kier molecular flexibility index (Phi) is 34.9.